The van der Waals surface area contributed by atoms with Gasteiger partial charge < -0.3 is 20.8 Å². The molecular weight excluding hydrogens is 397 g/mol. The van der Waals surface area contributed by atoms with Crippen molar-refractivity contribution in [3.63, 3.8) is 0 Å². The third kappa shape index (κ3) is 2.86. The van der Waals surface area contributed by atoms with Gasteiger partial charge in [-0.1, -0.05) is 23.7 Å². The number of aromatic amines is 2. The molecule has 2 heterocycles. The van der Waals surface area contributed by atoms with Gasteiger partial charge in [-0.3, -0.25) is 4.79 Å². The fourth-order valence-corrected chi connectivity index (χ4v) is 4.21. The number of rotatable bonds is 4. The summed E-state index contributed by atoms with van der Waals surface area (Å²) < 4.78 is 14.4. The van der Waals surface area contributed by atoms with Gasteiger partial charge in [0.05, 0.1) is 11.4 Å². The van der Waals surface area contributed by atoms with E-state index in [0.717, 1.165) is 5.56 Å². The molecule has 1 amide bonds. The second kappa shape index (κ2) is 6.63. The van der Waals surface area contributed by atoms with Crippen molar-refractivity contribution in [2.24, 2.45) is 5.73 Å². The molecule has 1 atom stereocenters. The van der Waals surface area contributed by atoms with Crippen molar-refractivity contribution < 1.29 is 19.1 Å². The number of hydrogen-bond acceptors (Lipinski definition) is 2. The van der Waals surface area contributed by atoms with Crippen LogP contribution in [0.3, 0.4) is 0 Å². The Hall–Kier alpha value is -3.32. The third-order valence-electron chi connectivity index (χ3n) is 5.23. The topological polar surface area (TPSA) is 112 Å². The number of fused-ring (bicyclic) bond motifs is 2. The number of hydrogen-bond donors (Lipinski definition) is 4. The average Bonchev–Trinajstić information content (AvgIpc) is 3.18. The second-order valence-electron chi connectivity index (χ2n) is 7.02. The molecule has 4 aromatic rings. The molecule has 0 radical (unpaired) electrons. The van der Waals surface area contributed by atoms with Crippen molar-refractivity contribution in [2.75, 3.05) is 0 Å². The molecule has 6 nitrogen and oxygen atoms in total. The molecule has 2 aromatic heterocycles. The lowest BCUT2D eigenvalue weighted by atomic mass is 9.85. The Labute approximate surface area is 169 Å². The minimum absolute atomic E-state index is 0.158. The largest absolute Gasteiger partial charge is 0.477 e. The van der Waals surface area contributed by atoms with Gasteiger partial charge in [-0.2, -0.15) is 0 Å². The zero-order valence-electron chi connectivity index (χ0n) is 15.6. The van der Waals surface area contributed by atoms with Crippen molar-refractivity contribution in [1.82, 2.24) is 9.97 Å². The molecule has 8 heteroatoms. The van der Waals surface area contributed by atoms with Crippen molar-refractivity contribution >= 4 is 45.3 Å². The number of carbonyl (C=O) groups excluding carboxylic acids is 1. The molecule has 0 saturated heterocycles. The predicted molar refractivity (Wildman–Crippen MR) is 109 cm³/mol. The van der Waals surface area contributed by atoms with Crippen LogP contribution in [0, 0.1) is 19.7 Å². The fourth-order valence-electron chi connectivity index (χ4n) is 4.04. The molecule has 0 fully saturated rings. The minimum Gasteiger partial charge on any atom is -0.477 e. The van der Waals surface area contributed by atoms with Crippen LogP contribution in [0.25, 0.3) is 21.8 Å². The number of aromatic nitrogens is 2. The van der Waals surface area contributed by atoms with Crippen LogP contribution in [0.5, 0.6) is 0 Å². The van der Waals surface area contributed by atoms with Gasteiger partial charge in [-0.05, 0) is 43.2 Å². The summed E-state index contributed by atoms with van der Waals surface area (Å²) in [6.45, 7) is 3.50. The van der Waals surface area contributed by atoms with E-state index >= 15 is 0 Å². The number of halogens is 2. The van der Waals surface area contributed by atoms with Crippen molar-refractivity contribution in [3.05, 3.63) is 69.2 Å². The molecule has 1 unspecified atom stereocenters. The van der Waals surface area contributed by atoms with Crippen molar-refractivity contribution in [3.8, 4) is 0 Å². The highest BCUT2D eigenvalue weighted by molar-refractivity contribution is 6.31. The van der Waals surface area contributed by atoms with E-state index in [0.29, 0.717) is 32.6 Å². The quantitative estimate of drug-likeness (QED) is 0.398. The van der Waals surface area contributed by atoms with Crippen LogP contribution in [-0.4, -0.2) is 27.0 Å². The number of nitrogens with two attached hydrogens (primary N) is 1. The van der Waals surface area contributed by atoms with E-state index in [1.807, 2.05) is 0 Å². The lowest BCUT2D eigenvalue weighted by molar-refractivity contribution is -0.118. The molecule has 0 aliphatic heterocycles. The smallest absolute Gasteiger partial charge is 0.352 e. The van der Waals surface area contributed by atoms with Crippen LogP contribution in [0.1, 0.15) is 38.8 Å². The predicted octanol–water partition coefficient (Wildman–Crippen LogP) is 4.37. The molecule has 2 aromatic carbocycles. The number of carboxylic acid groups (broad SMARTS) is 1. The van der Waals surface area contributed by atoms with Crippen LogP contribution >= 0.6 is 11.6 Å². The zero-order chi connectivity index (χ0) is 21.0. The van der Waals surface area contributed by atoms with Gasteiger partial charge in [0, 0.05) is 32.6 Å². The summed E-state index contributed by atoms with van der Waals surface area (Å²) in [4.78, 5) is 30.4. The summed E-state index contributed by atoms with van der Waals surface area (Å²) in [6.07, 6.45) is 0. The molecule has 0 saturated carbocycles. The Morgan fingerprint density at radius 2 is 1.86 bits per heavy atom. The van der Waals surface area contributed by atoms with Crippen molar-refractivity contribution in [2.45, 2.75) is 19.8 Å². The van der Waals surface area contributed by atoms with Gasteiger partial charge in [0.15, 0.2) is 0 Å². The summed E-state index contributed by atoms with van der Waals surface area (Å²) in [5, 5.41) is 11.2. The number of nitrogens with one attached hydrogen (secondary N) is 2. The number of H-pyrrole nitrogens is 2. The van der Waals surface area contributed by atoms with Crippen LogP contribution < -0.4 is 5.73 Å². The third-order valence-corrected chi connectivity index (χ3v) is 5.46. The Balaban J connectivity index is 2.13. The highest BCUT2D eigenvalue weighted by Crippen LogP contribution is 2.40. The van der Waals surface area contributed by atoms with Gasteiger partial charge in [0.2, 0.25) is 5.91 Å². The molecule has 0 aliphatic carbocycles. The van der Waals surface area contributed by atoms with Gasteiger partial charge in [-0.25, -0.2) is 9.18 Å². The van der Waals surface area contributed by atoms with Crippen LogP contribution in [0.2, 0.25) is 5.02 Å². The minimum atomic E-state index is -1.24. The van der Waals surface area contributed by atoms with Gasteiger partial charge in [0.1, 0.15) is 11.5 Å². The molecule has 29 heavy (non-hydrogen) atoms. The summed E-state index contributed by atoms with van der Waals surface area (Å²) in [7, 11) is 0. The van der Waals surface area contributed by atoms with Crippen LogP contribution in [0.15, 0.2) is 30.3 Å². The maximum atomic E-state index is 14.4. The number of benzene rings is 2. The lowest BCUT2D eigenvalue weighted by Gasteiger charge is -2.16. The summed E-state index contributed by atoms with van der Waals surface area (Å²) >= 11 is 6.04. The number of amides is 1. The molecular formula is C21H17ClFN3O3. The number of aryl methyl sites for hydroxylation is 2. The summed E-state index contributed by atoms with van der Waals surface area (Å²) in [5.41, 5.74) is 8.31. The van der Waals surface area contributed by atoms with Crippen molar-refractivity contribution in [1.29, 1.82) is 0 Å². The van der Waals surface area contributed by atoms with Crippen LogP contribution in [0.4, 0.5) is 4.39 Å². The van der Waals surface area contributed by atoms with E-state index in [9.17, 15) is 19.1 Å². The van der Waals surface area contributed by atoms with Crippen LogP contribution in [-0.2, 0) is 4.79 Å². The van der Waals surface area contributed by atoms with Gasteiger partial charge in [-0.15, -0.1) is 0 Å². The number of primary amides is 1. The lowest BCUT2D eigenvalue weighted by Crippen LogP contribution is -2.24. The van der Waals surface area contributed by atoms with E-state index in [1.165, 1.54) is 6.07 Å². The molecule has 5 N–H and O–H groups in total. The number of aromatic carboxylic acids is 1. The first kappa shape index (κ1) is 19.0. The van der Waals surface area contributed by atoms with Gasteiger partial charge in [0.25, 0.3) is 0 Å². The van der Waals surface area contributed by atoms with E-state index in [2.05, 4.69) is 9.97 Å². The highest BCUT2D eigenvalue weighted by Gasteiger charge is 2.33. The highest BCUT2D eigenvalue weighted by atomic mass is 35.5. The first-order valence-electron chi connectivity index (χ1n) is 8.81. The molecule has 0 aliphatic rings. The van der Waals surface area contributed by atoms with E-state index in [1.54, 1.807) is 38.1 Å². The first-order valence-corrected chi connectivity index (χ1v) is 9.19. The molecule has 4 rings (SSSR count). The number of carbonyl (C=O) groups is 2. The van der Waals surface area contributed by atoms with E-state index in [-0.39, 0.29) is 16.8 Å². The van der Waals surface area contributed by atoms with Gasteiger partial charge >= 0.3 is 5.97 Å². The Bertz CT molecular complexity index is 1320. The maximum absolute atomic E-state index is 14.4. The Morgan fingerprint density at radius 1 is 1.14 bits per heavy atom. The Kier molecular flexibility index (Phi) is 4.35. The SMILES string of the molecule is Cc1[nH]c2c(F)ccc(C)c2c1C(C(N)=O)c1c(C(=O)O)[nH]c2cc(Cl)ccc12. The second-order valence-corrected chi connectivity index (χ2v) is 7.46. The van der Waals surface area contributed by atoms with E-state index in [4.69, 9.17) is 17.3 Å². The Morgan fingerprint density at radius 3 is 2.52 bits per heavy atom. The first-order chi connectivity index (χ1) is 13.7. The average molecular weight is 414 g/mol. The molecule has 0 spiro atoms. The standard InChI is InChI=1S/C21H17ClFN3O3/c1-8-3-6-12(23)18-14(8)15(9(2)25-18)17(20(24)27)16-11-5-4-10(22)7-13(11)26-19(16)21(28)29/h3-7,17,25-26H,1-2H3,(H2,24,27)(H,28,29). The normalized spacial score (nSPS) is 12.6. The van der Waals surface area contributed by atoms with E-state index < -0.39 is 23.6 Å². The maximum Gasteiger partial charge on any atom is 0.352 e. The number of carboxylic acids is 1. The summed E-state index contributed by atoms with van der Waals surface area (Å²) in [5.74, 6) is -3.55. The molecule has 0 bridgehead atoms. The zero-order valence-corrected chi connectivity index (χ0v) is 16.3. The fraction of sp³-hybridized carbons (Fsp3) is 0.143. The molecule has 148 valence electrons. The monoisotopic (exact) mass is 413 g/mol. The summed E-state index contributed by atoms with van der Waals surface area (Å²) in [6, 6.07) is 7.78.